The maximum Gasteiger partial charge on any atom is 0.143 e. The minimum absolute atomic E-state index is 0.120. The summed E-state index contributed by atoms with van der Waals surface area (Å²) in [6.45, 7) is 0. The third-order valence-electron chi connectivity index (χ3n) is 11.4. The second-order valence-electron chi connectivity index (χ2n) is 14.9. The molecule has 11 rings (SSSR count). The van der Waals surface area contributed by atoms with Crippen molar-refractivity contribution in [2.45, 2.75) is 0 Å². The average Bonchev–Trinajstić information content (AvgIpc) is 3.76. The summed E-state index contributed by atoms with van der Waals surface area (Å²) in [5, 5.41) is 4.06. The first-order chi connectivity index (χ1) is 31.4. The Bertz CT molecular complexity index is 3500. The molecule has 0 aliphatic rings. The Morgan fingerprint density at radius 3 is 1.50 bits per heavy atom. The Morgan fingerprint density at radius 1 is 0.333 bits per heavy atom. The van der Waals surface area contributed by atoms with E-state index in [-0.39, 0.29) is 35.4 Å². The van der Waals surface area contributed by atoms with Crippen molar-refractivity contribution in [2.24, 2.45) is 0 Å². The Balaban J connectivity index is 1.14. The van der Waals surface area contributed by atoms with Crippen molar-refractivity contribution in [1.82, 2.24) is 0 Å². The van der Waals surface area contributed by atoms with Gasteiger partial charge in [0.05, 0.1) is 16.9 Å². The second-order valence-corrected chi connectivity index (χ2v) is 14.9. The molecule has 0 unspecified atom stereocenters. The fourth-order valence-corrected chi connectivity index (χ4v) is 8.45. The van der Waals surface area contributed by atoms with Crippen LogP contribution in [0.15, 0.2) is 241 Å². The number of rotatable bonds is 8. The first kappa shape index (κ1) is 31.1. The largest absolute Gasteiger partial charge is 0.455 e. The molecule has 60 heavy (non-hydrogen) atoms. The second kappa shape index (κ2) is 15.1. The molecule has 0 aliphatic heterocycles. The summed E-state index contributed by atoms with van der Waals surface area (Å²) in [5.74, 6) is 0. The van der Waals surface area contributed by atoms with Gasteiger partial charge in [0.25, 0.3) is 0 Å². The van der Waals surface area contributed by atoms with Crippen LogP contribution in [0.2, 0.25) is 0 Å². The van der Waals surface area contributed by atoms with Crippen LogP contribution in [0.1, 0.15) is 5.48 Å². The fourth-order valence-electron chi connectivity index (χ4n) is 8.45. The molecule has 0 saturated heterocycles. The smallest absolute Gasteiger partial charge is 0.143 e. The molecule has 11 aromatic rings. The summed E-state index contributed by atoms with van der Waals surface area (Å²) >= 11 is 0. The van der Waals surface area contributed by atoms with E-state index in [1.54, 1.807) is 0 Å². The molecule has 0 spiro atoms. The number of para-hydroxylation sites is 2. The van der Waals surface area contributed by atoms with Crippen LogP contribution in [0.4, 0.5) is 17.1 Å². The zero-order chi connectivity index (χ0) is 43.3. The van der Waals surface area contributed by atoms with Crippen LogP contribution in [0.25, 0.3) is 88.3 Å². The lowest BCUT2D eigenvalue weighted by atomic mass is 9.95. The summed E-state index contributed by atoms with van der Waals surface area (Å²) < 4.78 is 45.5. The van der Waals surface area contributed by atoms with Crippen LogP contribution in [0, 0.1) is 0 Å². The van der Waals surface area contributed by atoms with E-state index >= 15 is 0 Å². The molecule has 0 amide bonds. The standard InChI is InChI=1S/C58H39NO/c1-3-14-40(15-4-1)42-26-28-44(29-27-42)45-34-37-48(38-35-45)59(54-23-11-9-19-49(54)47-32-30-43(31-33-47)41-16-5-2-6-17-41)55-24-12-10-21-51(55)52-22-13-25-56-57(52)53-39-36-46-18-7-8-20-50(46)58(53)60-56/h1-39H/i34D,35D,37D,38D. The molecule has 0 atom stereocenters. The number of hydrogen-bond acceptors (Lipinski definition) is 2. The molecule has 2 heteroatoms. The molecule has 1 heterocycles. The van der Waals surface area contributed by atoms with Gasteiger partial charge in [0.15, 0.2) is 0 Å². The van der Waals surface area contributed by atoms with E-state index in [0.29, 0.717) is 16.9 Å². The summed E-state index contributed by atoms with van der Waals surface area (Å²) in [6.07, 6.45) is 0. The van der Waals surface area contributed by atoms with E-state index < -0.39 is 0 Å². The van der Waals surface area contributed by atoms with Gasteiger partial charge in [0.2, 0.25) is 0 Å². The summed E-state index contributed by atoms with van der Waals surface area (Å²) in [4.78, 5) is 1.93. The van der Waals surface area contributed by atoms with Gasteiger partial charge in [-0.3, -0.25) is 0 Å². The van der Waals surface area contributed by atoms with E-state index in [2.05, 4.69) is 78.9 Å². The highest BCUT2D eigenvalue weighted by atomic mass is 16.3. The highest BCUT2D eigenvalue weighted by Gasteiger charge is 2.23. The van der Waals surface area contributed by atoms with E-state index in [1.807, 2.05) is 138 Å². The van der Waals surface area contributed by atoms with Crippen molar-refractivity contribution < 1.29 is 9.90 Å². The topological polar surface area (TPSA) is 16.4 Å². The maximum absolute atomic E-state index is 9.85. The van der Waals surface area contributed by atoms with E-state index in [1.165, 1.54) is 0 Å². The molecule has 0 bridgehead atoms. The van der Waals surface area contributed by atoms with E-state index in [0.717, 1.165) is 77.2 Å². The number of fused-ring (bicyclic) bond motifs is 5. The maximum atomic E-state index is 9.85. The molecule has 2 nitrogen and oxygen atoms in total. The van der Waals surface area contributed by atoms with Crippen LogP contribution in [-0.2, 0) is 0 Å². The van der Waals surface area contributed by atoms with Gasteiger partial charge in [-0.2, -0.15) is 0 Å². The highest BCUT2D eigenvalue weighted by molar-refractivity contribution is 6.19. The lowest BCUT2D eigenvalue weighted by molar-refractivity contribution is 0.673. The number of benzene rings is 10. The quantitative estimate of drug-likeness (QED) is 0.153. The van der Waals surface area contributed by atoms with Crippen LogP contribution in [0.3, 0.4) is 0 Å². The van der Waals surface area contributed by atoms with E-state index in [4.69, 9.17) is 4.42 Å². The third kappa shape index (κ3) is 6.32. The normalized spacial score (nSPS) is 12.3. The molecular formula is C58H39NO. The van der Waals surface area contributed by atoms with Crippen molar-refractivity contribution in [2.75, 3.05) is 4.90 Å². The van der Waals surface area contributed by atoms with Crippen LogP contribution in [-0.4, -0.2) is 0 Å². The Kier molecular flexibility index (Phi) is 7.83. The molecule has 0 radical (unpaired) electrons. The van der Waals surface area contributed by atoms with Crippen molar-refractivity contribution in [3.8, 4) is 55.6 Å². The molecule has 0 aliphatic carbocycles. The van der Waals surface area contributed by atoms with E-state index in [9.17, 15) is 5.48 Å². The van der Waals surface area contributed by atoms with Gasteiger partial charge in [0, 0.05) is 33.0 Å². The Morgan fingerprint density at radius 2 is 0.833 bits per heavy atom. The van der Waals surface area contributed by atoms with Crippen LogP contribution >= 0.6 is 0 Å². The number of hydrogen-bond donors (Lipinski definition) is 0. The molecule has 0 saturated carbocycles. The van der Waals surface area contributed by atoms with Crippen molar-refractivity contribution in [3.63, 3.8) is 0 Å². The van der Waals surface area contributed by atoms with Crippen molar-refractivity contribution in [3.05, 3.63) is 236 Å². The average molecular weight is 770 g/mol. The molecule has 0 N–H and O–H groups in total. The van der Waals surface area contributed by atoms with Crippen LogP contribution < -0.4 is 4.90 Å². The number of anilines is 3. The van der Waals surface area contributed by atoms with Gasteiger partial charge < -0.3 is 9.32 Å². The lowest BCUT2D eigenvalue weighted by Gasteiger charge is -2.30. The minimum atomic E-state index is -0.148. The summed E-state index contributed by atoms with van der Waals surface area (Å²) in [7, 11) is 0. The zero-order valence-corrected chi connectivity index (χ0v) is 32.6. The number of furan rings is 1. The SMILES string of the molecule is [2H]c1c([2H])c(N(c2ccccc2-c2ccc(-c3ccccc3)cc2)c2ccccc2-c2cccc3oc4c5ccccc5ccc4c23)c([2H])c([2H])c1-c1ccc(-c2ccccc2)cc1. The Hall–Kier alpha value is -7.94. The lowest BCUT2D eigenvalue weighted by Crippen LogP contribution is -2.12. The predicted octanol–water partition coefficient (Wildman–Crippen LogP) is 16.5. The first-order valence-corrected chi connectivity index (χ1v) is 20.2. The monoisotopic (exact) mass is 769 g/mol. The van der Waals surface area contributed by atoms with Gasteiger partial charge >= 0.3 is 0 Å². The van der Waals surface area contributed by atoms with Crippen LogP contribution in [0.5, 0.6) is 0 Å². The molecule has 282 valence electrons. The Labute approximate surface area is 355 Å². The molecule has 0 fully saturated rings. The highest BCUT2D eigenvalue weighted by Crippen LogP contribution is 2.48. The predicted molar refractivity (Wildman–Crippen MR) is 253 cm³/mol. The molecular weight excluding hydrogens is 727 g/mol. The third-order valence-corrected chi connectivity index (χ3v) is 11.4. The van der Waals surface area contributed by atoms with Gasteiger partial charge in [-0.1, -0.05) is 200 Å². The summed E-state index contributed by atoms with van der Waals surface area (Å²) in [6, 6.07) is 70.5. The van der Waals surface area contributed by atoms with Crippen molar-refractivity contribution in [1.29, 1.82) is 0 Å². The van der Waals surface area contributed by atoms with Gasteiger partial charge in [0.1, 0.15) is 11.2 Å². The van der Waals surface area contributed by atoms with Gasteiger partial charge in [-0.15, -0.1) is 0 Å². The van der Waals surface area contributed by atoms with Crippen molar-refractivity contribution >= 4 is 49.8 Å². The minimum Gasteiger partial charge on any atom is -0.455 e. The summed E-state index contributed by atoms with van der Waals surface area (Å²) in [5.41, 5.74) is 11.8. The molecule has 1 aromatic heterocycles. The van der Waals surface area contributed by atoms with Gasteiger partial charge in [-0.25, -0.2) is 0 Å². The zero-order valence-electron chi connectivity index (χ0n) is 36.6. The number of nitrogens with zero attached hydrogens (tertiary/aromatic N) is 1. The van der Waals surface area contributed by atoms with Gasteiger partial charge in [-0.05, 0) is 86.2 Å². The molecule has 10 aromatic carbocycles. The first-order valence-electron chi connectivity index (χ1n) is 22.2. The fraction of sp³-hybridized carbons (Fsp3) is 0.